The first-order valence-corrected chi connectivity index (χ1v) is 6.29. The smallest absolute Gasteiger partial charge is 0.354 e. The van der Waals surface area contributed by atoms with E-state index in [1.165, 1.54) is 6.92 Å². The predicted molar refractivity (Wildman–Crippen MR) is 80.2 cm³/mol. The summed E-state index contributed by atoms with van der Waals surface area (Å²) in [5, 5.41) is 24.6. The van der Waals surface area contributed by atoms with Gasteiger partial charge in [-0.15, -0.1) is 0 Å². The summed E-state index contributed by atoms with van der Waals surface area (Å²) in [6.07, 6.45) is 0.666. The number of hydrogen-bond acceptors (Lipinski definition) is 9. The number of nitro groups is 2. The van der Waals surface area contributed by atoms with E-state index in [0.717, 1.165) is 26.4 Å². The van der Waals surface area contributed by atoms with Gasteiger partial charge in [-0.1, -0.05) is 0 Å². The fourth-order valence-corrected chi connectivity index (χ4v) is 1.73. The number of anilines is 1. The maximum Gasteiger partial charge on any atom is 0.354 e. The zero-order valence-corrected chi connectivity index (χ0v) is 12.9. The van der Waals surface area contributed by atoms with Gasteiger partial charge in [-0.2, -0.15) is 0 Å². The lowest BCUT2D eigenvalue weighted by Crippen LogP contribution is -2.17. The molecule has 0 spiro atoms. The first kappa shape index (κ1) is 18.5. The molecule has 128 valence electrons. The van der Waals surface area contributed by atoms with E-state index in [-0.39, 0.29) is 5.56 Å². The minimum absolute atomic E-state index is 0.274. The Morgan fingerprint density at radius 3 is 1.96 bits per heavy atom. The molecule has 0 fully saturated rings. The van der Waals surface area contributed by atoms with Gasteiger partial charge in [0.25, 0.3) is 11.4 Å². The summed E-state index contributed by atoms with van der Waals surface area (Å²) in [5.74, 6) is -2.02. The molecule has 0 aliphatic rings. The highest BCUT2D eigenvalue weighted by Gasteiger charge is 2.28. The van der Waals surface area contributed by atoms with E-state index in [0.29, 0.717) is 6.08 Å². The van der Waals surface area contributed by atoms with Crippen molar-refractivity contribution in [3.8, 4) is 0 Å². The lowest BCUT2D eigenvalue weighted by atomic mass is 10.1. The van der Waals surface area contributed by atoms with Gasteiger partial charge in [0.05, 0.1) is 30.1 Å². The van der Waals surface area contributed by atoms with Crippen LogP contribution in [0, 0.1) is 27.2 Å². The average Bonchev–Trinajstić information content (AvgIpc) is 2.53. The minimum Gasteiger partial charge on any atom is -0.466 e. The molecule has 11 nitrogen and oxygen atoms in total. The molecule has 0 saturated heterocycles. The second-order valence-corrected chi connectivity index (χ2v) is 4.39. The van der Waals surface area contributed by atoms with Crippen LogP contribution in [0.25, 0.3) is 0 Å². The Labute approximate surface area is 135 Å². The number of esters is 2. The molecule has 1 aromatic carbocycles. The van der Waals surface area contributed by atoms with Gasteiger partial charge in [0.2, 0.25) is 0 Å². The lowest BCUT2D eigenvalue weighted by molar-refractivity contribution is -0.392. The molecule has 24 heavy (non-hydrogen) atoms. The summed E-state index contributed by atoms with van der Waals surface area (Å²) >= 11 is 0. The van der Waals surface area contributed by atoms with E-state index in [1.807, 2.05) is 0 Å². The van der Waals surface area contributed by atoms with Crippen molar-refractivity contribution < 1.29 is 28.9 Å². The van der Waals surface area contributed by atoms with Crippen LogP contribution >= 0.6 is 0 Å². The van der Waals surface area contributed by atoms with Crippen LogP contribution in [0.15, 0.2) is 23.9 Å². The van der Waals surface area contributed by atoms with E-state index in [4.69, 9.17) is 0 Å². The summed E-state index contributed by atoms with van der Waals surface area (Å²) in [5.41, 5.74) is -2.12. The third-order valence-electron chi connectivity index (χ3n) is 2.76. The Morgan fingerprint density at radius 2 is 1.58 bits per heavy atom. The van der Waals surface area contributed by atoms with E-state index in [2.05, 4.69) is 14.8 Å². The Balaban J connectivity index is 3.55. The summed E-state index contributed by atoms with van der Waals surface area (Å²) in [6.45, 7) is 1.44. The quantitative estimate of drug-likeness (QED) is 0.351. The molecule has 1 N–H and O–H groups in total. The average molecular weight is 339 g/mol. The van der Waals surface area contributed by atoms with Crippen molar-refractivity contribution in [2.75, 3.05) is 19.5 Å². The summed E-state index contributed by atoms with van der Waals surface area (Å²) in [7, 11) is 2.05. The molecule has 0 aromatic heterocycles. The number of ether oxygens (including phenoxy) is 2. The van der Waals surface area contributed by atoms with Crippen LogP contribution in [0.4, 0.5) is 17.1 Å². The molecule has 0 aliphatic carbocycles. The van der Waals surface area contributed by atoms with Crippen molar-refractivity contribution in [2.45, 2.75) is 6.92 Å². The van der Waals surface area contributed by atoms with Gasteiger partial charge < -0.3 is 14.8 Å². The van der Waals surface area contributed by atoms with Gasteiger partial charge in [-0.3, -0.25) is 20.2 Å². The monoisotopic (exact) mass is 339 g/mol. The number of nitro benzene ring substituents is 2. The van der Waals surface area contributed by atoms with Crippen LogP contribution in [0.1, 0.15) is 5.56 Å². The van der Waals surface area contributed by atoms with Crippen molar-refractivity contribution in [3.05, 3.63) is 49.7 Å². The number of aryl methyl sites for hydroxylation is 1. The number of nitrogens with zero attached hydrogens (tertiary/aromatic N) is 2. The zero-order chi connectivity index (χ0) is 18.4. The van der Waals surface area contributed by atoms with Gasteiger partial charge in [-0.05, 0) is 12.5 Å². The molecule has 0 bridgehead atoms. The van der Waals surface area contributed by atoms with Crippen molar-refractivity contribution in [2.24, 2.45) is 0 Å². The third kappa shape index (κ3) is 4.25. The molecule has 0 amide bonds. The van der Waals surface area contributed by atoms with Crippen LogP contribution < -0.4 is 5.32 Å². The number of methoxy groups -OCH3 is 2. The van der Waals surface area contributed by atoms with Crippen molar-refractivity contribution in [1.29, 1.82) is 0 Å². The van der Waals surface area contributed by atoms with E-state index >= 15 is 0 Å². The highest BCUT2D eigenvalue weighted by atomic mass is 16.6. The number of hydrogen-bond donors (Lipinski definition) is 1. The molecule has 0 aliphatic heterocycles. The molecule has 0 heterocycles. The SMILES string of the molecule is COC(=O)/C=C(/Nc1c([N+](=O)[O-])cc(C)cc1[N+](=O)[O-])C(=O)OC. The van der Waals surface area contributed by atoms with Gasteiger partial charge in [-0.25, -0.2) is 9.59 Å². The summed E-state index contributed by atoms with van der Waals surface area (Å²) < 4.78 is 8.79. The normalized spacial score (nSPS) is 10.7. The van der Waals surface area contributed by atoms with Crippen LogP contribution in [0.2, 0.25) is 0 Å². The number of carbonyl (C=O) groups is 2. The van der Waals surface area contributed by atoms with Crippen molar-refractivity contribution in [3.63, 3.8) is 0 Å². The third-order valence-corrected chi connectivity index (χ3v) is 2.76. The van der Waals surface area contributed by atoms with E-state index < -0.39 is 44.5 Å². The summed E-state index contributed by atoms with van der Waals surface area (Å²) in [6, 6.07) is 2.17. The topological polar surface area (TPSA) is 151 Å². The highest BCUT2D eigenvalue weighted by molar-refractivity contribution is 6.00. The Kier molecular flexibility index (Phi) is 5.93. The van der Waals surface area contributed by atoms with Crippen LogP contribution in [-0.4, -0.2) is 36.0 Å². The number of benzene rings is 1. The minimum atomic E-state index is -1.07. The van der Waals surface area contributed by atoms with E-state index in [9.17, 15) is 29.8 Å². The first-order chi connectivity index (χ1) is 11.2. The number of nitrogens with one attached hydrogen (secondary N) is 1. The fraction of sp³-hybridized carbons (Fsp3) is 0.231. The standard InChI is InChI=1S/C13H13N3O8/c1-7-4-9(15(19)20)12(10(5-7)16(21)22)14-8(13(18)24-3)6-11(17)23-2/h4-6,14H,1-3H3/b8-6+. The Hall–Kier alpha value is -3.50. The maximum atomic E-state index is 11.7. The second kappa shape index (κ2) is 7.67. The molecule has 1 rings (SSSR count). The molecule has 1 aromatic rings. The highest BCUT2D eigenvalue weighted by Crippen LogP contribution is 2.36. The van der Waals surface area contributed by atoms with Crippen LogP contribution in [0.3, 0.4) is 0 Å². The van der Waals surface area contributed by atoms with E-state index in [1.54, 1.807) is 0 Å². The molecular formula is C13H13N3O8. The van der Waals surface area contributed by atoms with Crippen LogP contribution in [-0.2, 0) is 19.1 Å². The predicted octanol–water partition coefficient (Wildman–Crippen LogP) is 1.45. The molecular weight excluding hydrogens is 326 g/mol. The molecule has 0 radical (unpaired) electrons. The van der Waals surface area contributed by atoms with Gasteiger partial charge in [0.15, 0.2) is 5.69 Å². The number of carbonyl (C=O) groups excluding carboxylic acids is 2. The van der Waals surface area contributed by atoms with Gasteiger partial charge in [0, 0.05) is 12.1 Å². The lowest BCUT2D eigenvalue weighted by Gasteiger charge is -2.10. The Morgan fingerprint density at radius 1 is 1.08 bits per heavy atom. The number of rotatable bonds is 6. The van der Waals surface area contributed by atoms with Crippen LogP contribution in [0.5, 0.6) is 0 Å². The largest absolute Gasteiger partial charge is 0.466 e. The van der Waals surface area contributed by atoms with Gasteiger partial charge in [0.1, 0.15) is 5.70 Å². The van der Waals surface area contributed by atoms with Crippen molar-refractivity contribution >= 4 is 29.0 Å². The zero-order valence-electron chi connectivity index (χ0n) is 12.9. The Bertz CT molecular complexity index is 706. The molecule has 0 unspecified atom stereocenters. The van der Waals surface area contributed by atoms with Gasteiger partial charge >= 0.3 is 11.9 Å². The maximum absolute atomic E-state index is 11.7. The summed E-state index contributed by atoms with van der Waals surface area (Å²) in [4.78, 5) is 43.6. The molecule has 0 atom stereocenters. The first-order valence-electron chi connectivity index (χ1n) is 6.29. The molecule has 0 saturated carbocycles. The second-order valence-electron chi connectivity index (χ2n) is 4.39. The fourth-order valence-electron chi connectivity index (χ4n) is 1.73. The van der Waals surface area contributed by atoms with Crippen molar-refractivity contribution in [1.82, 2.24) is 0 Å². The molecule has 11 heteroatoms.